The number of amides is 2. The quantitative estimate of drug-likeness (QED) is 0.771. The summed E-state index contributed by atoms with van der Waals surface area (Å²) in [6, 6.07) is 8.29. The number of nitrogens with one attached hydrogen (secondary N) is 1. The van der Waals surface area contributed by atoms with Crippen LogP contribution in [0.15, 0.2) is 42.7 Å². The van der Waals surface area contributed by atoms with Crippen molar-refractivity contribution in [2.45, 2.75) is 13.0 Å². The SMILES string of the molecule is CC(Nc1cc(C(N)=O)cc(C(N)=O)c1)c1ccncc1. The molecular formula is C15H16N4O2. The third-order valence-electron chi connectivity index (χ3n) is 3.09. The lowest BCUT2D eigenvalue weighted by Gasteiger charge is -2.16. The molecule has 0 fully saturated rings. The standard InChI is InChI=1S/C15H16N4O2/c1-9(10-2-4-18-5-3-10)19-13-7-11(14(16)20)6-12(8-13)15(17)21/h2-9,19H,1H3,(H2,16,20)(H2,17,21). The third kappa shape index (κ3) is 3.56. The monoisotopic (exact) mass is 284 g/mol. The van der Waals surface area contributed by atoms with Crippen LogP contribution < -0.4 is 16.8 Å². The number of anilines is 1. The maximum Gasteiger partial charge on any atom is 0.248 e. The number of nitrogens with zero attached hydrogens (tertiary/aromatic N) is 1. The Morgan fingerprint density at radius 1 is 1.05 bits per heavy atom. The molecule has 0 radical (unpaired) electrons. The molecule has 2 rings (SSSR count). The number of carbonyl (C=O) groups is 2. The Labute approximate surface area is 122 Å². The van der Waals surface area contributed by atoms with Crippen molar-refractivity contribution in [1.29, 1.82) is 0 Å². The zero-order chi connectivity index (χ0) is 15.4. The zero-order valence-corrected chi connectivity index (χ0v) is 11.5. The van der Waals surface area contributed by atoms with Crippen molar-refractivity contribution in [2.24, 2.45) is 11.5 Å². The molecule has 0 aliphatic carbocycles. The third-order valence-corrected chi connectivity index (χ3v) is 3.09. The number of hydrogen-bond acceptors (Lipinski definition) is 4. The van der Waals surface area contributed by atoms with Gasteiger partial charge < -0.3 is 16.8 Å². The summed E-state index contributed by atoms with van der Waals surface area (Å²) in [6.45, 7) is 1.95. The summed E-state index contributed by atoms with van der Waals surface area (Å²) < 4.78 is 0. The van der Waals surface area contributed by atoms with Crippen molar-refractivity contribution < 1.29 is 9.59 Å². The molecule has 0 saturated heterocycles. The Bertz CT molecular complexity index is 638. The summed E-state index contributed by atoms with van der Waals surface area (Å²) in [5.41, 5.74) is 12.6. The van der Waals surface area contributed by atoms with Gasteiger partial charge in [-0.3, -0.25) is 14.6 Å². The topological polar surface area (TPSA) is 111 Å². The first-order valence-electron chi connectivity index (χ1n) is 6.38. The van der Waals surface area contributed by atoms with Crippen molar-refractivity contribution in [3.05, 3.63) is 59.4 Å². The summed E-state index contributed by atoms with van der Waals surface area (Å²) in [7, 11) is 0. The molecule has 1 heterocycles. The minimum atomic E-state index is -0.613. The second-order valence-electron chi connectivity index (χ2n) is 4.67. The summed E-state index contributed by atoms with van der Waals surface area (Å²) in [5.74, 6) is -1.23. The Hall–Kier alpha value is -2.89. The van der Waals surface area contributed by atoms with Gasteiger partial charge in [0.15, 0.2) is 0 Å². The minimum absolute atomic E-state index is 0.0307. The van der Waals surface area contributed by atoms with Crippen LogP contribution >= 0.6 is 0 Å². The fourth-order valence-electron chi connectivity index (χ4n) is 1.98. The predicted molar refractivity (Wildman–Crippen MR) is 79.8 cm³/mol. The number of aromatic nitrogens is 1. The number of pyridine rings is 1. The highest BCUT2D eigenvalue weighted by molar-refractivity contribution is 5.99. The average Bonchev–Trinajstić information content (AvgIpc) is 2.47. The molecule has 1 unspecified atom stereocenters. The van der Waals surface area contributed by atoms with E-state index in [4.69, 9.17) is 11.5 Å². The molecular weight excluding hydrogens is 268 g/mol. The molecule has 0 saturated carbocycles. The molecule has 6 nitrogen and oxygen atoms in total. The van der Waals surface area contributed by atoms with Gasteiger partial charge in [-0.25, -0.2) is 0 Å². The molecule has 0 spiro atoms. The number of benzene rings is 1. The predicted octanol–water partition coefficient (Wildman–Crippen LogP) is 1.45. The number of carbonyl (C=O) groups excluding carboxylic acids is 2. The van der Waals surface area contributed by atoms with E-state index in [2.05, 4.69) is 10.3 Å². The average molecular weight is 284 g/mol. The van der Waals surface area contributed by atoms with Gasteiger partial charge in [0.1, 0.15) is 0 Å². The summed E-state index contributed by atoms with van der Waals surface area (Å²) in [5, 5.41) is 3.21. The van der Waals surface area contributed by atoms with Crippen molar-refractivity contribution >= 4 is 17.5 Å². The Morgan fingerprint density at radius 3 is 2.05 bits per heavy atom. The second-order valence-corrected chi connectivity index (χ2v) is 4.67. The van der Waals surface area contributed by atoms with Crippen LogP contribution in [0.1, 0.15) is 39.2 Å². The van der Waals surface area contributed by atoms with Gasteiger partial charge >= 0.3 is 0 Å². The van der Waals surface area contributed by atoms with Crippen molar-refractivity contribution in [3.63, 3.8) is 0 Å². The molecule has 6 heteroatoms. The summed E-state index contributed by atoms with van der Waals surface area (Å²) in [6.07, 6.45) is 3.39. The summed E-state index contributed by atoms with van der Waals surface area (Å²) >= 11 is 0. The molecule has 0 aliphatic heterocycles. The molecule has 1 aromatic carbocycles. The lowest BCUT2D eigenvalue weighted by Crippen LogP contribution is -2.17. The lowest BCUT2D eigenvalue weighted by molar-refractivity contribution is 0.0999. The van der Waals surface area contributed by atoms with Gasteiger partial charge in [0.25, 0.3) is 0 Å². The van der Waals surface area contributed by atoms with Gasteiger partial charge in [-0.15, -0.1) is 0 Å². The minimum Gasteiger partial charge on any atom is -0.378 e. The van der Waals surface area contributed by atoms with Gasteiger partial charge in [-0.2, -0.15) is 0 Å². The molecule has 108 valence electrons. The van der Waals surface area contributed by atoms with Crippen LogP contribution in [0, 0.1) is 0 Å². The van der Waals surface area contributed by atoms with Crippen LogP contribution in [0.5, 0.6) is 0 Å². The Morgan fingerprint density at radius 2 is 1.57 bits per heavy atom. The molecule has 5 N–H and O–H groups in total. The van der Waals surface area contributed by atoms with Crippen LogP contribution in [0.25, 0.3) is 0 Å². The van der Waals surface area contributed by atoms with Gasteiger partial charge in [-0.1, -0.05) is 0 Å². The van der Waals surface area contributed by atoms with E-state index < -0.39 is 11.8 Å². The highest BCUT2D eigenvalue weighted by atomic mass is 16.1. The van der Waals surface area contributed by atoms with E-state index in [9.17, 15) is 9.59 Å². The number of nitrogens with two attached hydrogens (primary N) is 2. The lowest BCUT2D eigenvalue weighted by atomic mass is 10.1. The van der Waals surface area contributed by atoms with Gasteiger partial charge in [0.05, 0.1) is 0 Å². The molecule has 1 aromatic heterocycles. The smallest absolute Gasteiger partial charge is 0.248 e. The molecule has 2 aromatic rings. The van der Waals surface area contributed by atoms with Crippen LogP contribution in [-0.2, 0) is 0 Å². The zero-order valence-electron chi connectivity index (χ0n) is 11.5. The molecule has 2 amide bonds. The number of hydrogen-bond donors (Lipinski definition) is 3. The van der Waals surface area contributed by atoms with E-state index in [1.54, 1.807) is 24.5 Å². The fourth-order valence-corrected chi connectivity index (χ4v) is 1.98. The molecule has 0 aliphatic rings. The van der Waals surface area contributed by atoms with Gasteiger partial charge in [0.2, 0.25) is 11.8 Å². The molecule has 1 atom stereocenters. The normalized spacial score (nSPS) is 11.7. The van der Waals surface area contributed by atoms with E-state index in [1.807, 2.05) is 19.1 Å². The van der Waals surface area contributed by atoms with Crippen molar-refractivity contribution in [3.8, 4) is 0 Å². The summed E-state index contributed by atoms with van der Waals surface area (Å²) in [4.78, 5) is 26.6. The molecule has 21 heavy (non-hydrogen) atoms. The molecule has 0 bridgehead atoms. The first kappa shape index (κ1) is 14.5. The first-order chi connectivity index (χ1) is 9.97. The Kier molecular flexibility index (Phi) is 4.18. The van der Waals surface area contributed by atoms with Crippen LogP contribution in [0.2, 0.25) is 0 Å². The van der Waals surface area contributed by atoms with E-state index in [0.717, 1.165) is 5.56 Å². The second kappa shape index (κ2) is 6.04. The fraction of sp³-hybridized carbons (Fsp3) is 0.133. The van der Waals surface area contributed by atoms with Crippen molar-refractivity contribution in [1.82, 2.24) is 4.98 Å². The first-order valence-corrected chi connectivity index (χ1v) is 6.38. The number of rotatable bonds is 5. The van der Waals surface area contributed by atoms with E-state index in [0.29, 0.717) is 5.69 Å². The van der Waals surface area contributed by atoms with Gasteiger partial charge in [0, 0.05) is 35.2 Å². The highest BCUT2D eigenvalue weighted by Crippen LogP contribution is 2.21. The largest absolute Gasteiger partial charge is 0.378 e. The van der Waals surface area contributed by atoms with Crippen LogP contribution in [0.3, 0.4) is 0 Å². The van der Waals surface area contributed by atoms with Crippen molar-refractivity contribution in [2.75, 3.05) is 5.32 Å². The van der Waals surface area contributed by atoms with E-state index in [-0.39, 0.29) is 17.2 Å². The van der Waals surface area contributed by atoms with E-state index in [1.165, 1.54) is 6.07 Å². The van der Waals surface area contributed by atoms with Crippen LogP contribution in [0.4, 0.5) is 5.69 Å². The maximum atomic E-state index is 11.3. The van der Waals surface area contributed by atoms with Gasteiger partial charge in [-0.05, 0) is 42.8 Å². The van der Waals surface area contributed by atoms with Crippen LogP contribution in [-0.4, -0.2) is 16.8 Å². The maximum absolute atomic E-state index is 11.3. The highest BCUT2D eigenvalue weighted by Gasteiger charge is 2.11. The Balaban J connectivity index is 2.31. The number of primary amides is 2. The van der Waals surface area contributed by atoms with E-state index >= 15 is 0 Å².